The normalized spacial score (nSPS) is 14.4. The molecule has 0 spiro atoms. The summed E-state index contributed by atoms with van der Waals surface area (Å²) in [6.45, 7) is 0.200. The van der Waals surface area contributed by atoms with Gasteiger partial charge in [0.1, 0.15) is 6.04 Å². The Bertz CT molecular complexity index is 1580. The Hall–Kier alpha value is -5.40. The molecular formula is C25H23N7O7. The van der Waals surface area contributed by atoms with Gasteiger partial charge < -0.3 is 26.6 Å². The fourth-order valence-corrected chi connectivity index (χ4v) is 3.87. The Morgan fingerprint density at radius 1 is 1.05 bits per heavy atom. The van der Waals surface area contributed by atoms with Crippen molar-refractivity contribution in [3.8, 4) is 0 Å². The molecule has 0 aliphatic heterocycles. The second-order valence-electron chi connectivity index (χ2n) is 8.61. The van der Waals surface area contributed by atoms with Crippen LogP contribution in [0.1, 0.15) is 28.9 Å². The SMILES string of the molecule is Nc1nc2ncc(CNc3ccc(C(=O)N[C@@H](CC(C(=O)O)C4=CCC(=O)C=C4)C(=O)O)cc3)nc2c(=O)[nH]1. The Labute approximate surface area is 219 Å². The third-order valence-corrected chi connectivity index (χ3v) is 5.88. The second kappa shape index (κ2) is 11.3. The molecule has 3 aromatic rings. The smallest absolute Gasteiger partial charge is 0.326 e. The molecular weight excluding hydrogens is 510 g/mol. The first-order valence-corrected chi connectivity index (χ1v) is 11.6. The number of hydrogen-bond donors (Lipinski definition) is 6. The second-order valence-corrected chi connectivity index (χ2v) is 8.61. The number of anilines is 2. The number of allylic oxidation sites excluding steroid dienone is 3. The fraction of sp³-hybridized carbons (Fsp3) is 0.200. The highest BCUT2D eigenvalue weighted by atomic mass is 16.4. The van der Waals surface area contributed by atoms with Crippen LogP contribution in [-0.2, 0) is 20.9 Å². The van der Waals surface area contributed by atoms with Crippen LogP contribution in [0.15, 0.2) is 59.1 Å². The molecule has 0 radical (unpaired) electrons. The Morgan fingerprint density at radius 3 is 2.44 bits per heavy atom. The number of carboxylic acid groups (broad SMARTS) is 2. The van der Waals surface area contributed by atoms with E-state index in [-0.39, 0.29) is 41.4 Å². The summed E-state index contributed by atoms with van der Waals surface area (Å²) in [6, 6.07) is 4.62. The lowest BCUT2D eigenvalue weighted by Crippen LogP contribution is -2.43. The maximum atomic E-state index is 12.7. The van der Waals surface area contributed by atoms with Gasteiger partial charge in [0.25, 0.3) is 11.5 Å². The number of aromatic amines is 1. The summed E-state index contributed by atoms with van der Waals surface area (Å²) in [5.41, 5.74) is 6.65. The van der Waals surface area contributed by atoms with Crippen LogP contribution in [-0.4, -0.2) is 59.8 Å². The van der Waals surface area contributed by atoms with E-state index in [0.717, 1.165) is 0 Å². The number of rotatable bonds is 10. The minimum Gasteiger partial charge on any atom is -0.481 e. The van der Waals surface area contributed by atoms with Gasteiger partial charge in [-0.1, -0.05) is 12.2 Å². The zero-order chi connectivity index (χ0) is 28.1. The molecule has 200 valence electrons. The predicted molar refractivity (Wildman–Crippen MR) is 138 cm³/mol. The maximum absolute atomic E-state index is 12.7. The van der Waals surface area contributed by atoms with Crippen molar-refractivity contribution in [1.29, 1.82) is 0 Å². The van der Waals surface area contributed by atoms with Gasteiger partial charge >= 0.3 is 11.9 Å². The lowest BCUT2D eigenvalue weighted by molar-refractivity contribution is -0.142. The van der Waals surface area contributed by atoms with Crippen LogP contribution in [0.2, 0.25) is 0 Å². The first kappa shape index (κ1) is 26.7. The van der Waals surface area contributed by atoms with Crippen LogP contribution < -0.4 is 21.9 Å². The van der Waals surface area contributed by atoms with Crippen LogP contribution in [0.3, 0.4) is 0 Å². The molecule has 1 amide bonds. The van der Waals surface area contributed by atoms with Crippen LogP contribution in [0.4, 0.5) is 11.6 Å². The summed E-state index contributed by atoms with van der Waals surface area (Å²) in [6.07, 6.45) is 5.11. The molecule has 1 aliphatic carbocycles. The number of nitrogens with two attached hydrogens (primary N) is 1. The van der Waals surface area contributed by atoms with E-state index in [1.165, 1.54) is 36.6 Å². The van der Waals surface area contributed by atoms with Crippen molar-refractivity contribution >= 4 is 46.4 Å². The molecule has 1 unspecified atom stereocenters. The molecule has 1 aliphatic rings. The number of hydrogen-bond acceptors (Lipinski definition) is 10. The molecule has 7 N–H and O–H groups in total. The topological polar surface area (TPSA) is 230 Å². The molecule has 0 saturated carbocycles. The summed E-state index contributed by atoms with van der Waals surface area (Å²) in [5.74, 6) is -4.83. The summed E-state index contributed by atoms with van der Waals surface area (Å²) in [4.78, 5) is 74.3. The number of benzene rings is 1. The maximum Gasteiger partial charge on any atom is 0.326 e. The largest absolute Gasteiger partial charge is 0.481 e. The lowest BCUT2D eigenvalue weighted by Gasteiger charge is -2.21. The van der Waals surface area contributed by atoms with Crippen LogP contribution in [0.25, 0.3) is 11.2 Å². The van der Waals surface area contributed by atoms with Crippen molar-refractivity contribution in [3.63, 3.8) is 0 Å². The molecule has 2 atom stereocenters. The van der Waals surface area contributed by atoms with E-state index >= 15 is 0 Å². The van der Waals surface area contributed by atoms with Crippen LogP contribution in [0, 0.1) is 5.92 Å². The summed E-state index contributed by atoms with van der Waals surface area (Å²) < 4.78 is 0. The number of aliphatic carboxylic acids is 2. The first-order chi connectivity index (χ1) is 18.6. The number of nitrogens with one attached hydrogen (secondary N) is 3. The number of amides is 1. The van der Waals surface area contributed by atoms with E-state index in [9.17, 15) is 34.2 Å². The van der Waals surface area contributed by atoms with E-state index in [1.54, 1.807) is 12.1 Å². The molecule has 39 heavy (non-hydrogen) atoms. The van der Waals surface area contributed by atoms with Gasteiger partial charge in [-0.25, -0.2) is 14.8 Å². The van der Waals surface area contributed by atoms with Gasteiger partial charge in [-0.3, -0.25) is 24.2 Å². The minimum atomic E-state index is -1.48. The van der Waals surface area contributed by atoms with Crippen molar-refractivity contribution in [2.45, 2.75) is 25.4 Å². The quantitative estimate of drug-likeness (QED) is 0.211. The van der Waals surface area contributed by atoms with Crippen LogP contribution in [0.5, 0.6) is 0 Å². The predicted octanol–water partition coefficient (Wildman–Crippen LogP) is 0.637. The molecule has 4 rings (SSSR count). The summed E-state index contributed by atoms with van der Waals surface area (Å²) >= 11 is 0. The average molecular weight is 534 g/mol. The Balaban J connectivity index is 1.39. The number of nitrogen functional groups attached to an aromatic ring is 1. The van der Waals surface area contributed by atoms with E-state index in [0.29, 0.717) is 17.0 Å². The van der Waals surface area contributed by atoms with E-state index in [4.69, 9.17) is 5.73 Å². The van der Waals surface area contributed by atoms with Gasteiger partial charge in [0.05, 0.1) is 24.4 Å². The lowest BCUT2D eigenvalue weighted by atomic mass is 9.88. The van der Waals surface area contributed by atoms with Crippen molar-refractivity contribution in [3.05, 3.63) is 75.9 Å². The van der Waals surface area contributed by atoms with Crippen molar-refractivity contribution in [1.82, 2.24) is 25.3 Å². The average Bonchev–Trinajstić information content (AvgIpc) is 2.90. The minimum absolute atomic E-state index is 0.0259. The molecule has 0 bridgehead atoms. The van der Waals surface area contributed by atoms with Gasteiger partial charge in [0.15, 0.2) is 16.9 Å². The summed E-state index contributed by atoms with van der Waals surface area (Å²) in [7, 11) is 0. The number of nitrogens with zero attached hydrogens (tertiary/aromatic N) is 3. The highest BCUT2D eigenvalue weighted by Gasteiger charge is 2.31. The molecule has 14 heteroatoms. The van der Waals surface area contributed by atoms with Crippen LogP contribution >= 0.6 is 0 Å². The third-order valence-electron chi connectivity index (χ3n) is 5.88. The molecule has 2 heterocycles. The van der Waals surface area contributed by atoms with Gasteiger partial charge in [0, 0.05) is 17.7 Å². The van der Waals surface area contributed by atoms with Crippen molar-refractivity contribution < 1.29 is 29.4 Å². The fourth-order valence-electron chi connectivity index (χ4n) is 3.87. The summed E-state index contributed by atoms with van der Waals surface area (Å²) in [5, 5.41) is 24.7. The van der Waals surface area contributed by atoms with Gasteiger partial charge in [-0.15, -0.1) is 0 Å². The molecule has 0 saturated heterocycles. The first-order valence-electron chi connectivity index (χ1n) is 11.6. The van der Waals surface area contributed by atoms with Gasteiger partial charge in [-0.2, -0.15) is 4.98 Å². The molecule has 2 aromatic heterocycles. The number of carbonyl (C=O) groups is 4. The van der Waals surface area contributed by atoms with Crippen molar-refractivity contribution in [2.24, 2.45) is 5.92 Å². The van der Waals surface area contributed by atoms with Gasteiger partial charge in [-0.05, 0) is 42.3 Å². The van der Waals surface area contributed by atoms with E-state index in [2.05, 4.69) is 30.6 Å². The zero-order valence-electron chi connectivity index (χ0n) is 20.2. The highest BCUT2D eigenvalue weighted by molar-refractivity contribution is 5.97. The molecule has 14 nitrogen and oxygen atoms in total. The van der Waals surface area contributed by atoms with Crippen molar-refractivity contribution in [2.75, 3.05) is 11.1 Å². The number of carbonyl (C=O) groups excluding carboxylic acids is 2. The number of H-pyrrole nitrogens is 1. The highest BCUT2D eigenvalue weighted by Crippen LogP contribution is 2.23. The monoisotopic (exact) mass is 533 g/mol. The Kier molecular flexibility index (Phi) is 7.74. The third kappa shape index (κ3) is 6.49. The number of aromatic nitrogens is 4. The standard InChI is InChI=1S/C25H23N7O7/c26-25-31-20-19(22(35)32-25)29-15(11-28-20)10-27-14-5-1-13(2-6-14)21(34)30-18(24(38)39)9-17(23(36)37)12-3-7-16(33)8-4-12/h1-7,11,17-18,27H,8-10H2,(H,30,34)(H,36,37)(H,38,39)(H3,26,28,31,32,35)/t17?,18-/m0/s1. The molecule has 1 aromatic carbocycles. The number of ketones is 1. The number of fused-ring (bicyclic) bond motifs is 1. The number of carboxylic acids is 2. The molecule has 0 fully saturated rings. The van der Waals surface area contributed by atoms with E-state index < -0.39 is 41.8 Å². The van der Waals surface area contributed by atoms with Gasteiger partial charge in [0.2, 0.25) is 5.95 Å². The van der Waals surface area contributed by atoms with E-state index in [1.807, 2.05) is 0 Å². The zero-order valence-corrected chi connectivity index (χ0v) is 20.2. The Morgan fingerprint density at radius 2 is 1.79 bits per heavy atom.